The Balaban J connectivity index is 0.00000580. The Morgan fingerprint density at radius 3 is 2.05 bits per heavy atom. The number of fused-ring (bicyclic) bond motifs is 2. The average Bonchev–Trinajstić information content (AvgIpc) is 3.47. The van der Waals surface area contributed by atoms with Gasteiger partial charge in [-0.05, 0) is 87.9 Å². The van der Waals surface area contributed by atoms with Gasteiger partial charge in [-0.2, -0.15) is 21.4 Å². The molecule has 2 aliphatic rings. The first-order chi connectivity index (χ1) is 26.2. The number of methoxy groups -OCH3 is 2. The summed E-state index contributed by atoms with van der Waals surface area (Å²) in [5.74, 6) is -1.39. The molecule has 21 heteroatoms. The molecule has 2 aromatic rings. The van der Waals surface area contributed by atoms with E-state index in [2.05, 4.69) is 4.90 Å². The van der Waals surface area contributed by atoms with E-state index in [0.29, 0.717) is 74.5 Å². The van der Waals surface area contributed by atoms with Gasteiger partial charge in [-0.1, -0.05) is 24.6 Å². The summed E-state index contributed by atoms with van der Waals surface area (Å²) >= 11 is 0. The molecular formula is C38H50N2Na3O13S3+3. The molecule has 0 fully saturated rings. The summed E-state index contributed by atoms with van der Waals surface area (Å²) < 4.78 is 116. The standard InChI is InChI=1S/C38H50N2O13S3.3Na/c1-37(19-11-25-54(43,44)45)30-26-28(55(46,47)48)16-18-33(30)40(22-24-53-4)34(37)12-7-5-8-13-35-38(2,20-23-52-3)31-27-29(56(49,50)51)15-17-32(31)39(35)21-10-6-9-14-36(41)42;;;/h5,7-8,12-13,15-18,26-27H,6,9-11,14,19-25H2,1-4H3,(H3-,41,42,43,44,45,46,47,48,49,50,51);;;/q;3*+1. The summed E-state index contributed by atoms with van der Waals surface area (Å²) in [6.45, 7) is 5.25. The van der Waals surface area contributed by atoms with Gasteiger partial charge in [-0.3, -0.25) is 13.9 Å². The zero-order chi connectivity index (χ0) is 41.5. The summed E-state index contributed by atoms with van der Waals surface area (Å²) in [5, 5.41) is 9.09. The van der Waals surface area contributed by atoms with Crippen LogP contribution in [0.4, 0.5) is 11.4 Å². The van der Waals surface area contributed by atoms with Crippen LogP contribution >= 0.6 is 0 Å². The molecule has 0 amide bonds. The maximum absolute atomic E-state index is 12.2. The van der Waals surface area contributed by atoms with Gasteiger partial charge in [0.1, 0.15) is 16.7 Å². The monoisotopic (exact) mass is 907 g/mol. The molecule has 308 valence electrons. The molecule has 2 unspecified atom stereocenters. The van der Waals surface area contributed by atoms with Crippen LogP contribution in [0.15, 0.2) is 82.3 Å². The van der Waals surface area contributed by atoms with Crippen molar-refractivity contribution in [1.29, 1.82) is 0 Å². The van der Waals surface area contributed by atoms with E-state index >= 15 is 0 Å². The number of carboxylic acids is 1. The summed E-state index contributed by atoms with van der Waals surface area (Å²) in [6, 6.07) is 8.56. The third-order valence-corrected chi connectivity index (χ3v) is 12.9. The number of carboxylic acid groups (broad SMARTS) is 1. The van der Waals surface area contributed by atoms with Gasteiger partial charge in [0, 0.05) is 68.3 Å². The van der Waals surface area contributed by atoms with Crippen LogP contribution in [-0.4, -0.2) is 107 Å². The fraction of sp³-hybridized carbons (Fsp3) is 0.474. The van der Waals surface area contributed by atoms with Gasteiger partial charge in [-0.15, -0.1) is 0 Å². The molecular weight excluding hydrogens is 858 g/mol. The van der Waals surface area contributed by atoms with Crippen LogP contribution < -0.4 is 93.6 Å². The van der Waals surface area contributed by atoms with Gasteiger partial charge in [-0.25, -0.2) is 8.42 Å². The summed E-state index contributed by atoms with van der Waals surface area (Å²) in [7, 11) is -10.5. The van der Waals surface area contributed by atoms with Crippen LogP contribution in [0.2, 0.25) is 0 Å². The molecule has 2 aromatic carbocycles. The summed E-state index contributed by atoms with van der Waals surface area (Å²) in [5.41, 5.74) is 2.32. The first kappa shape index (κ1) is 56.3. The van der Waals surface area contributed by atoms with Crippen molar-refractivity contribution in [2.45, 2.75) is 79.4 Å². The van der Waals surface area contributed by atoms with Crippen LogP contribution in [0.1, 0.15) is 69.9 Å². The van der Waals surface area contributed by atoms with Crippen molar-refractivity contribution in [3.05, 3.63) is 83.6 Å². The Labute approximate surface area is 414 Å². The van der Waals surface area contributed by atoms with Crippen molar-refractivity contribution in [2.75, 3.05) is 51.2 Å². The van der Waals surface area contributed by atoms with Crippen LogP contribution in [0, 0.1) is 0 Å². The average molecular weight is 908 g/mol. The molecule has 0 radical (unpaired) electrons. The van der Waals surface area contributed by atoms with Crippen LogP contribution in [0.25, 0.3) is 0 Å². The summed E-state index contributed by atoms with van der Waals surface area (Å²) in [6.07, 6.45) is 11.6. The minimum Gasteiger partial charge on any atom is -0.744 e. The van der Waals surface area contributed by atoms with Gasteiger partial charge in [0.05, 0.1) is 21.0 Å². The van der Waals surface area contributed by atoms with E-state index in [0.717, 1.165) is 11.4 Å². The van der Waals surface area contributed by atoms with E-state index in [4.69, 9.17) is 14.6 Å². The van der Waals surface area contributed by atoms with Crippen molar-refractivity contribution >= 4 is 53.4 Å². The number of aliphatic carboxylic acids is 1. The van der Waals surface area contributed by atoms with E-state index in [9.17, 15) is 43.7 Å². The van der Waals surface area contributed by atoms with Crippen molar-refractivity contribution in [2.24, 2.45) is 0 Å². The molecule has 3 N–H and O–H groups in total. The molecule has 4 rings (SSSR count). The normalized spacial score (nSPS) is 19.8. The minimum absolute atomic E-state index is 0. The Kier molecular flexibility index (Phi) is 22.7. The second kappa shape index (κ2) is 23.8. The van der Waals surface area contributed by atoms with Crippen LogP contribution in [-0.2, 0) is 55.5 Å². The number of nitrogens with zero attached hydrogens (tertiary/aromatic N) is 2. The fourth-order valence-corrected chi connectivity index (χ4v) is 9.08. The molecule has 0 saturated heterocycles. The Bertz CT molecular complexity index is 2270. The van der Waals surface area contributed by atoms with Gasteiger partial charge < -0.3 is 24.0 Å². The second-order valence-electron chi connectivity index (χ2n) is 14.3. The first-order valence-electron chi connectivity index (χ1n) is 18.0. The van der Waals surface area contributed by atoms with E-state index in [1.165, 1.54) is 31.4 Å². The Morgan fingerprint density at radius 1 is 0.814 bits per heavy atom. The number of benzene rings is 2. The Hall–Kier alpha value is -0.750. The molecule has 15 nitrogen and oxygen atoms in total. The minimum atomic E-state index is -4.75. The molecule has 2 heterocycles. The van der Waals surface area contributed by atoms with E-state index < -0.39 is 52.9 Å². The molecule has 0 saturated carbocycles. The number of hydrogen-bond acceptors (Lipinski definition) is 11. The molecule has 59 heavy (non-hydrogen) atoms. The molecule has 2 atom stereocenters. The Morgan fingerprint density at radius 2 is 1.46 bits per heavy atom. The third-order valence-electron chi connectivity index (χ3n) is 10.4. The van der Waals surface area contributed by atoms with Crippen molar-refractivity contribution < 1.29 is 152 Å². The van der Waals surface area contributed by atoms with Gasteiger partial charge >= 0.3 is 94.6 Å². The smallest absolute Gasteiger partial charge is 0.744 e. The molecule has 0 bridgehead atoms. The maximum atomic E-state index is 12.2. The molecule has 2 aliphatic heterocycles. The maximum Gasteiger partial charge on any atom is 1.00 e. The zero-order valence-corrected chi connectivity index (χ0v) is 43.3. The van der Waals surface area contributed by atoms with Crippen LogP contribution in [0.5, 0.6) is 0 Å². The topological polar surface area (TPSA) is 228 Å². The second-order valence-corrected chi connectivity index (χ2v) is 18.6. The van der Waals surface area contributed by atoms with Crippen molar-refractivity contribution in [3.63, 3.8) is 0 Å². The molecule has 0 aromatic heterocycles. The predicted octanol–water partition coefficient (Wildman–Crippen LogP) is -4.02. The quantitative estimate of drug-likeness (QED) is 0.0357. The number of rotatable bonds is 21. The SMILES string of the molecule is COCC[N+]1=C(/C=C/C=C/C=C2/N(CCCCCC(=O)O)c3ccc(S(=O)(=O)[O-])cc3C2(C)CCOC)C(C)(CCCS(=O)(=O)O)c2cc(S(=O)(=O)O)ccc21.[Na+].[Na+].[Na+]. The number of anilines is 1. The van der Waals surface area contributed by atoms with Gasteiger partial charge in [0.25, 0.3) is 20.2 Å². The molecule has 0 aliphatic carbocycles. The third kappa shape index (κ3) is 14.4. The number of ether oxygens (including phenoxy) is 2. The van der Waals surface area contributed by atoms with E-state index in [1.807, 2.05) is 30.6 Å². The number of allylic oxidation sites excluding steroid dienone is 6. The summed E-state index contributed by atoms with van der Waals surface area (Å²) in [4.78, 5) is 12.5. The predicted molar refractivity (Wildman–Crippen MR) is 209 cm³/mol. The van der Waals surface area contributed by atoms with E-state index in [1.54, 1.807) is 37.5 Å². The van der Waals surface area contributed by atoms with Crippen molar-refractivity contribution in [1.82, 2.24) is 0 Å². The first-order valence-corrected chi connectivity index (χ1v) is 22.5. The fourth-order valence-electron chi connectivity index (χ4n) is 7.56. The van der Waals surface area contributed by atoms with Crippen molar-refractivity contribution in [3.8, 4) is 0 Å². The number of carbonyl (C=O) groups is 1. The van der Waals surface area contributed by atoms with Gasteiger partial charge in [0.15, 0.2) is 12.3 Å². The van der Waals surface area contributed by atoms with Gasteiger partial charge in [0.2, 0.25) is 5.69 Å². The van der Waals surface area contributed by atoms with Crippen LogP contribution in [0.3, 0.4) is 0 Å². The molecule has 0 spiro atoms. The largest absolute Gasteiger partial charge is 1.00 e. The number of unbranched alkanes of at least 4 members (excludes halogenated alkanes) is 2. The van der Waals surface area contributed by atoms with E-state index in [-0.39, 0.29) is 118 Å². The zero-order valence-electron chi connectivity index (χ0n) is 34.9. The number of hydrogen-bond donors (Lipinski definition) is 3.